The van der Waals surface area contributed by atoms with E-state index in [0.29, 0.717) is 51.6 Å². The molecule has 112 valence electrons. The summed E-state index contributed by atoms with van der Waals surface area (Å²) in [6, 6.07) is 9.19. The molecule has 0 aliphatic carbocycles. The second kappa shape index (κ2) is 11.5. The maximum atomic E-state index is 11.7. The van der Waals surface area contributed by atoms with E-state index in [1.54, 1.807) is 12.1 Å². The molecule has 0 unspecified atom stereocenters. The van der Waals surface area contributed by atoms with Crippen LogP contribution in [0.1, 0.15) is 16.8 Å². The Balaban J connectivity index is 1.91. The van der Waals surface area contributed by atoms with E-state index in [1.807, 2.05) is 18.2 Å². The van der Waals surface area contributed by atoms with Crippen LogP contribution >= 0.6 is 0 Å². The Bertz CT molecular complexity index is 353. The van der Waals surface area contributed by atoms with Gasteiger partial charge in [0.15, 0.2) is 5.78 Å². The molecule has 0 bridgehead atoms. The summed E-state index contributed by atoms with van der Waals surface area (Å²) in [5, 5.41) is 8.48. The van der Waals surface area contributed by atoms with Crippen molar-refractivity contribution in [3.8, 4) is 0 Å². The van der Waals surface area contributed by atoms with Crippen molar-refractivity contribution in [1.82, 2.24) is 0 Å². The van der Waals surface area contributed by atoms with E-state index >= 15 is 0 Å². The molecule has 20 heavy (non-hydrogen) atoms. The van der Waals surface area contributed by atoms with Crippen LogP contribution in [0.4, 0.5) is 0 Å². The van der Waals surface area contributed by atoms with Gasteiger partial charge in [-0.25, -0.2) is 0 Å². The van der Waals surface area contributed by atoms with Gasteiger partial charge in [-0.1, -0.05) is 30.3 Å². The van der Waals surface area contributed by atoms with Gasteiger partial charge in [0.1, 0.15) is 0 Å². The number of benzene rings is 1. The number of hydrogen-bond donors (Lipinski definition) is 1. The Morgan fingerprint density at radius 1 is 0.850 bits per heavy atom. The van der Waals surface area contributed by atoms with Crippen molar-refractivity contribution in [3.05, 3.63) is 35.9 Å². The first-order valence-electron chi connectivity index (χ1n) is 6.77. The molecule has 0 fully saturated rings. The second-order valence-electron chi connectivity index (χ2n) is 4.10. The van der Waals surface area contributed by atoms with Crippen LogP contribution in [0.5, 0.6) is 0 Å². The minimum atomic E-state index is 0.0263. The second-order valence-corrected chi connectivity index (χ2v) is 4.10. The van der Waals surface area contributed by atoms with Crippen LogP contribution in [0.15, 0.2) is 30.3 Å². The molecular weight excluding hydrogens is 260 g/mol. The van der Waals surface area contributed by atoms with Gasteiger partial charge in [0.25, 0.3) is 0 Å². The number of ether oxygens (including phenoxy) is 3. The number of carbonyl (C=O) groups excluding carboxylic acids is 1. The zero-order valence-electron chi connectivity index (χ0n) is 11.6. The number of carbonyl (C=O) groups is 1. The van der Waals surface area contributed by atoms with Crippen molar-refractivity contribution >= 4 is 5.78 Å². The summed E-state index contributed by atoms with van der Waals surface area (Å²) in [5.41, 5.74) is 0.716. The minimum Gasteiger partial charge on any atom is -0.394 e. The zero-order chi connectivity index (χ0) is 14.5. The van der Waals surface area contributed by atoms with Crippen molar-refractivity contribution in [1.29, 1.82) is 0 Å². The summed E-state index contributed by atoms with van der Waals surface area (Å²) in [5.74, 6) is 0.0870. The fraction of sp³-hybridized carbons (Fsp3) is 0.533. The van der Waals surface area contributed by atoms with Crippen LogP contribution in [-0.4, -0.2) is 57.1 Å². The fourth-order valence-corrected chi connectivity index (χ4v) is 1.54. The molecule has 0 heterocycles. The molecule has 0 saturated heterocycles. The van der Waals surface area contributed by atoms with Crippen LogP contribution in [0.3, 0.4) is 0 Å². The molecule has 0 saturated carbocycles. The van der Waals surface area contributed by atoms with Gasteiger partial charge in [-0.05, 0) is 0 Å². The summed E-state index contributed by atoms with van der Waals surface area (Å²) in [6.07, 6.45) is 0.379. The van der Waals surface area contributed by atoms with Gasteiger partial charge in [0.2, 0.25) is 0 Å². The Morgan fingerprint density at radius 3 is 2.00 bits per heavy atom. The fourth-order valence-electron chi connectivity index (χ4n) is 1.54. The largest absolute Gasteiger partial charge is 0.394 e. The van der Waals surface area contributed by atoms with Crippen molar-refractivity contribution in [3.63, 3.8) is 0 Å². The Morgan fingerprint density at radius 2 is 1.40 bits per heavy atom. The highest BCUT2D eigenvalue weighted by Gasteiger charge is 2.04. The average molecular weight is 282 g/mol. The monoisotopic (exact) mass is 282 g/mol. The lowest BCUT2D eigenvalue weighted by Gasteiger charge is -2.06. The molecule has 0 atom stereocenters. The molecule has 0 aliphatic rings. The Kier molecular flexibility index (Phi) is 9.69. The van der Waals surface area contributed by atoms with Crippen molar-refractivity contribution in [2.75, 3.05) is 46.2 Å². The number of ketones is 1. The first kappa shape index (κ1) is 16.8. The van der Waals surface area contributed by atoms with Gasteiger partial charge in [-0.15, -0.1) is 0 Å². The number of rotatable bonds is 12. The molecule has 0 radical (unpaired) electrons. The third-order valence-corrected chi connectivity index (χ3v) is 2.55. The SMILES string of the molecule is O=C(CCOCCOCCOCCO)c1ccccc1. The van der Waals surface area contributed by atoms with E-state index in [9.17, 15) is 4.79 Å². The summed E-state index contributed by atoms with van der Waals surface area (Å²) in [4.78, 5) is 11.7. The van der Waals surface area contributed by atoms with E-state index in [4.69, 9.17) is 19.3 Å². The predicted octanol–water partition coefficient (Wildman–Crippen LogP) is 1.30. The molecule has 5 nitrogen and oxygen atoms in total. The Hall–Kier alpha value is -1.27. The topological polar surface area (TPSA) is 65.0 Å². The number of aliphatic hydroxyl groups is 1. The van der Waals surface area contributed by atoms with Gasteiger partial charge >= 0.3 is 0 Å². The lowest BCUT2D eigenvalue weighted by molar-refractivity contribution is 0.00767. The van der Waals surface area contributed by atoms with Crippen molar-refractivity contribution in [2.45, 2.75) is 6.42 Å². The van der Waals surface area contributed by atoms with Crippen LogP contribution < -0.4 is 0 Å². The molecule has 0 spiro atoms. The van der Waals surface area contributed by atoms with Gasteiger partial charge in [0, 0.05) is 12.0 Å². The standard InChI is InChI=1S/C15H22O5/c16-7-9-19-11-13-20-12-10-18-8-6-15(17)14-4-2-1-3-5-14/h1-5,16H,6-13H2. The first-order valence-corrected chi connectivity index (χ1v) is 6.77. The number of Topliss-reactive ketones (excluding diaryl/α,β-unsaturated/α-hetero) is 1. The molecule has 0 aliphatic heterocycles. The maximum Gasteiger partial charge on any atom is 0.165 e. The zero-order valence-corrected chi connectivity index (χ0v) is 11.6. The van der Waals surface area contributed by atoms with E-state index in [2.05, 4.69) is 0 Å². The molecular formula is C15H22O5. The quantitative estimate of drug-likeness (QED) is 0.462. The predicted molar refractivity (Wildman–Crippen MR) is 74.9 cm³/mol. The molecule has 0 aromatic heterocycles. The molecule has 1 aromatic carbocycles. The van der Waals surface area contributed by atoms with E-state index in [1.165, 1.54) is 0 Å². The highest BCUT2D eigenvalue weighted by molar-refractivity contribution is 5.96. The van der Waals surface area contributed by atoms with Crippen LogP contribution in [0, 0.1) is 0 Å². The van der Waals surface area contributed by atoms with Gasteiger partial charge in [-0.2, -0.15) is 0 Å². The smallest absolute Gasteiger partial charge is 0.165 e. The molecule has 0 amide bonds. The lowest BCUT2D eigenvalue weighted by Crippen LogP contribution is -2.12. The lowest BCUT2D eigenvalue weighted by atomic mass is 10.1. The Labute approximate surface area is 119 Å². The van der Waals surface area contributed by atoms with Gasteiger partial charge in [-0.3, -0.25) is 4.79 Å². The van der Waals surface area contributed by atoms with Crippen molar-refractivity contribution in [2.24, 2.45) is 0 Å². The number of hydrogen-bond acceptors (Lipinski definition) is 5. The summed E-state index contributed by atoms with van der Waals surface area (Å²) >= 11 is 0. The van der Waals surface area contributed by atoms with Gasteiger partial charge in [0.05, 0.1) is 46.2 Å². The highest BCUT2D eigenvalue weighted by Crippen LogP contribution is 2.02. The normalized spacial score (nSPS) is 10.7. The van der Waals surface area contributed by atoms with Crippen LogP contribution in [-0.2, 0) is 14.2 Å². The van der Waals surface area contributed by atoms with E-state index in [-0.39, 0.29) is 12.4 Å². The van der Waals surface area contributed by atoms with Gasteiger partial charge < -0.3 is 19.3 Å². The van der Waals surface area contributed by atoms with Crippen LogP contribution in [0.2, 0.25) is 0 Å². The first-order chi connectivity index (χ1) is 9.84. The molecule has 5 heteroatoms. The van der Waals surface area contributed by atoms with E-state index < -0.39 is 0 Å². The van der Waals surface area contributed by atoms with E-state index in [0.717, 1.165) is 0 Å². The molecule has 1 N–H and O–H groups in total. The third kappa shape index (κ3) is 8.01. The maximum absolute atomic E-state index is 11.7. The third-order valence-electron chi connectivity index (χ3n) is 2.55. The molecule has 1 rings (SSSR count). The van der Waals surface area contributed by atoms with Crippen LogP contribution in [0.25, 0.3) is 0 Å². The molecule has 1 aromatic rings. The summed E-state index contributed by atoms with van der Waals surface area (Å²) < 4.78 is 15.6. The number of aliphatic hydroxyl groups excluding tert-OH is 1. The highest BCUT2D eigenvalue weighted by atomic mass is 16.5. The average Bonchev–Trinajstić information content (AvgIpc) is 2.50. The summed E-state index contributed by atoms with van der Waals surface area (Å²) in [6.45, 7) is 2.64. The van der Waals surface area contributed by atoms with Crippen molar-refractivity contribution < 1.29 is 24.1 Å². The minimum absolute atomic E-state index is 0.0263. The summed E-state index contributed by atoms with van der Waals surface area (Å²) in [7, 11) is 0.